The molecule has 1 aliphatic heterocycles. The number of ether oxygens (including phenoxy) is 1. The number of aryl methyl sites for hydroxylation is 1. The summed E-state index contributed by atoms with van der Waals surface area (Å²) in [5, 5.41) is 3.84. The van der Waals surface area contributed by atoms with Gasteiger partial charge in [0.05, 0.1) is 23.4 Å². The molecular weight excluding hydrogens is 637 g/mol. The second-order valence-electron chi connectivity index (χ2n) is 9.67. The Labute approximate surface area is 244 Å². The van der Waals surface area contributed by atoms with Gasteiger partial charge in [0.15, 0.2) is 5.82 Å². The number of hydrogen-bond donors (Lipinski definition) is 1. The third kappa shape index (κ3) is 5.46. The second-order valence-corrected chi connectivity index (χ2v) is 11.2. The van der Waals surface area contributed by atoms with Crippen molar-refractivity contribution in [2.24, 2.45) is 0 Å². The molecule has 0 bridgehead atoms. The van der Waals surface area contributed by atoms with Crippen molar-refractivity contribution in [3.63, 3.8) is 0 Å². The molecule has 2 aromatic carbocycles. The van der Waals surface area contributed by atoms with E-state index in [1.165, 1.54) is 0 Å². The molecule has 1 saturated heterocycles. The van der Waals surface area contributed by atoms with Crippen LogP contribution in [0.5, 0.6) is 5.75 Å². The van der Waals surface area contributed by atoms with Gasteiger partial charge in [-0.25, -0.2) is 9.37 Å². The average molecular weight is 665 g/mol. The first-order valence-electron chi connectivity index (χ1n) is 12.5. The van der Waals surface area contributed by atoms with Crippen molar-refractivity contribution >= 4 is 56.7 Å². The molecule has 7 nitrogen and oxygen atoms in total. The third-order valence-electron chi connectivity index (χ3n) is 6.94. The summed E-state index contributed by atoms with van der Waals surface area (Å²) in [4.78, 5) is 16.7. The number of methoxy groups -OCH3 is 1. The standard InChI is InChI=1S/C28H28ClF2IN6O/c1-15-11-21(37(3)14-17-5-7-18(39-4)8-6-17)34-26(24(15)32)22-20(29)12-19-25(23(22)30)35-28(31)36-27(19)38-10-9-33-13-16(38)2/h5-8,11-12,16,33H,9-10,13-14H2,1-4H3/t16-/m0/s1. The number of halogens is 4. The van der Waals surface area contributed by atoms with E-state index >= 15 is 4.39 Å². The topological polar surface area (TPSA) is 66.4 Å². The Bertz CT molecular complexity index is 1540. The van der Waals surface area contributed by atoms with E-state index in [2.05, 4.69) is 37.9 Å². The van der Waals surface area contributed by atoms with Crippen molar-refractivity contribution in [3.8, 4) is 17.0 Å². The number of nitrogens with one attached hydrogen (secondary N) is 1. The highest BCUT2D eigenvalue weighted by Crippen LogP contribution is 2.40. The van der Waals surface area contributed by atoms with Crippen LogP contribution in [-0.2, 0) is 6.54 Å². The number of nitrogens with zero attached hydrogens (tertiary/aromatic N) is 5. The fraction of sp³-hybridized carbons (Fsp3) is 0.321. The summed E-state index contributed by atoms with van der Waals surface area (Å²) in [6, 6.07) is 11.4. The Hall–Kier alpha value is -2.83. The molecule has 0 radical (unpaired) electrons. The first-order valence-corrected chi connectivity index (χ1v) is 14.0. The molecule has 1 N–H and O–H groups in total. The normalized spacial score (nSPS) is 15.6. The maximum Gasteiger partial charge on any atom is 0.311 e. The van der Waals surface area contributed by atoms with Crippen LogP contribution in [0.25, 0.3) is 22.2 Å². The Morgan fingerprint density at radius 1 is 1.18 bits per heavy atom. The molecule has 2 aromatic heterocycles. The van der Waals surface area contributed by atoms with Crippen molar-refractivity contribution in [3.05, 3.63) is 68.0 Å². The van der Waals surface area contributed by atoms with Crippen LogP contribution in [0.4, 0.5) is 20.4 Å². The number of hydrogen-bond acceptors (Lipinski definition) is 7. The van der Waals surface area contributed by atoms with Crippen molar-refractivity contribution in [1.29, 1.82) is 0 Å². The summed E-state index contributed by atoms with van der Waals surface area (Å²) in [6.45, 7) is 6.55. The van der Waals surface area contributed by atoms with Crippen LogP contribution in [0.2, 0.25) is 5.02 Å². The van der Waals surface area contributed by atoms with Crippen LogP contribution in [0, 0.1) is 22.4 Å². The predicted molar refractivity (Wildman–Crippen MR) is 160 cm³/mol. The van der Waals surface area contributed by atoms with Gasteiger partial charge in [0.25, 0.3) is 0 Å². The molecule has 3 heterocycles. The molecule has 1 aliphatic rings. The molecule has 39 heavy (non-hydrogen) atoms. The van der Waals surface area contributed by atoms with Crippen molar-refractivity contribution in [1.82, 2.24) is 20.3 Å². The monoisotopic (exact) mass is 664 g/mol. The van der Waals surface area contributed by atoms with Crippen molar-refractivity contribution < 1.29 is 13.5 Å². The Morgan fingerprint density at radius 3 is 2.62 bits per heavy atom. The van der Waals surface area contributed by atoms with Gasteiger partial charge in [-0.3, -0.25) is 0 Å². The summed E-state index contributed by atoms with van der Waals surface area (Å²) in [7, 11) is 3.55. The molecule has 0 unspecified atom stereocenters. The lowest BCUT2D eigenvalue weighted by Gasteiger charge is -2.35. The third-order valence-corrected chi connectivity index (χ3v) is 8.60. The lowest BCUT2D eigenvalue weighted by atomic mass is 10.0. The number of aromatic nitrogens is 3. The minimum atomic E-state index is -0.984. The Balaban J connectivity index is 1.60. The fourth-order valence-corrected chi connectivity index (χ4v) is 5.66. The average Bonchev–Trinajstić information content (AvgIpc) is 2.92. The maximum absolute atomic E-state index is 16.3. The van der Waals surface area contributed by atoms with Gasteiger partial charge in [0, 0.05) is 48.2 Å². The van der Waals surface area contributed by atoms with Crippen LogP contribution >= 0.6 is 34.2 Å². The van der Waals surface area contributed by atoms with Gasteiger partial charge in [-0.2, -0.15) is 14.4 Å². The van der Waals surface area contributed by atoms with E-state index in [9.17, 15) is 4.39 Å². The van der Waals surface area contributed by atoms with E-state index < -0.39 is 11.9 Å². The van der Waals surface area contributed by atoms with Gasteiger partial charge < -0.3 is 19.9 Å². The number of benzene rings is 2. The summed E-state index contributed by atoms with van der Waals surface area (Å²) in [5.41, 5.74) is 2.34. The highest BCUT2D eigenvalue weighted by Gasteiger charge is 2.27. The van der Waals surface area contributed by atoms with E-state index in [4.69, 9.17) is 21.3 Å². The summed E-state index contributed by atoms with van der Waals surface area (Å²) in [6.07, 6.45) is -0.984. The van der Waals surface area contributed by atoms with E-state index in [0.29, 0.717) is 48.9 Å². The molecule has 5 rings (SSSR count). The summed E-state index contributed by atoms with van der Waals surface area (Å²) in [5.74, 6) is 1.05. The van der Waals surface area contributed by atoms with Gasteiger partial charge in [0.2, 0.25) is 0 Å². The number of fused-ring (bicyclic) bond motifs is 1. The lowest BCUT2D eigenvalue weighted by Crippen LogP contribution is -2.50. The molecule has 4 aromatic rings. The highest BCUT2D eigenvalue weighted by molar-refractivity contribution is 14.1. The Kier molecular flexibility index (Phi) is 8.06. The smallest absolute Gasteiger partial charge is 0.311 e. The first kappa shape index (κ1) is 27.7. The zero-order valence-corrected chi connectivity index (χ0v) is 24.9. The molecule has 204 valence electrons. The molecular formula is C28H28ClF2IN6O. The highest BCUT2D eigenvalue weighted by atomic mass is 127. The van der Waals surface area contributed by atoms with Gasteiger partial charge in [-0.05, 0) is 71.8 Å². The minimum Gasteiger partial charge on any atom is -0.497 e. The first-order chi connectivity index (χ1) is 18.7. The lowest BCUT2D eigenvalue weighted by molar-refractivity contribution is 0.414. The number of rotatable bonds is 6. The number of anilines is 2. The predicted octanol–water partition coefficient (Wildman–Crippen LogP) is 5.98. The van der Waals surface area contributed by atoms with Crippen LogP contribution in [0.3, 0.4) is 0 Å². The molecule has 0 spiro atoms. The van der Waals surface area contributed by atoms with Crippen LogP contribution in [-0.4, -0.2) is 54.8 Å². The van der Waals surface area contributed by atoms with Gasteiger partial charge in [-0.15, -0.1) is 0 Å². The quantitative estimate of drug-likeness (QED) is 0.201. The Morgan fingerprint density at radius 2 is 1.92 bits per heavy atom. The largest absolute Gasteiger partial charge is 0.497 e. The summed E-state index contributed by atoms with van der Waals surface area (Å²) >= 11 is 8.90. The van der Waals surface area contributed by atoms with E-state index in [1.807, 2.05) is 61.0 Å². The second kappa shape index (κ2) is 11.3. The zero-order valence-electron chi connectivity index (χ0n) is 22.0. The molecule has 1 atom stereocenters. The molecule has 11 heteroatoms. The van der Waals surface area contributed by atoms with E-state index in [1.54, 1.807) is 13.2 Å². The number of piperazine rings is 1. The van der Waals surface area contributed by atoms with Crippen LogP contribution in [0.15, 0.2) is 36.4 Å². The molecule has 1 fully saturated rings. The maximum atomic E-state index is 16.3. The molecule has 0 aliphatic carbocycles. The van der Waals surface area contributed by atoms with Crippen molar-refractivity contribution in [2.75, 3.05) is 43.6 Å². The zero-order chi connectivity index (χ0) is 27.8. The van der Waals surface area contributed by atoms with E-state index in [0.717, 1.165) is 20.4 Å². The van der Waals surface area contributed by atoms with Crippen LogP contribution < -0.4 is 19.9 Å². The molecule has 0 saturated carbocycles. The number of pyridine rings is 1. The summed E-state index contributed by atoms with van der Waals surface area (Å²) < 4.78 is 36.9. The SMILES string of the molecule is COc1ccc(CN(C)c2cc(C)c(I)c(-c3c(Cl)cc4c(N5CCNC[C@@H]5C)nc(F)nc4c3F)n2)cc1. The van der Waals surface area contributed by atoms with E-state index in [-0.39, 0.29) is 22.1 Å². The van der Waals surface area contributed by atoms with Gasteiger partial charge in [0.1, 0.15) is 22.9 Å². The van der Waals surface area contributed by atoms with Gasteiger partial charge >= 0.3 is 6.08 Å². The van der Waals surface area contributed by atoms with Crippen molar-refractivity contribution in [2.45, 2.75) is 26.4 Å². The fourth-order valence-electron chi connectivity index (χ4n) is 4.83. The van der Waals surface area contributed by atoms with Crippen LogP contribution in [0.1, 0.15) is 18.1 Å². The minimum absolute atomic E-state index is 0.0425. The molecule has 0 amide bonds. The van der Waals surface area contributed by atoms with Gasteiger partial charge in [-0.1, -0.05) is 23.7 Å².